The van der Waals surface area contributed by atoms with Gasteiger partial charge in [-0.2, -0.15) is 26.7 Å². The number of nitrogens with two attached hydrogens (primary N) is 1. The number of hydrogen-bond donors (Lipinski definition) is 2. The molecule has 2 unspecified atom stereocenters. The molecule has 3 heterocycles. The standard InChI is InChI=1S/C13H23N7S/c1-9-7-20(8-10(2)21-9)13-16-11(18-14)15-12(17-13)19-5-3-4-6-19/h9-10H,3-8,14H2,1-2H3,(H,15,16,17,18). The first-order valence-electron chi connectivity index (χ1n) is 7.54. The van der Waals surface area contributed by atoms with Crippen LogP contribution in [0.3, 0.4) is 0 Å². The molecule has 1 aromatic rings. The molecule has 3 rings (SSSR count). The van der Waals surface area contributed by atoms with E-state index in [1.807, 2.05) is 11.8 Å². The van der Waals surface area contributed by atoms with Gasteiger partial charge in [0.2, 0.25) is 17.8 Å². The Morgan fingerprint density at radius 1 is 1.00 bits per heavy atom. The Hall–Kier alpha value is -1.28. The molecule has 0 spiro atoms. The van der Waals surface area contributed by atoms with Crippen molar-refractivity contribution in [1.29, 1.82) is 0 Å². The predicted octanol–water partition coefficient (Wildman–Crippen LogP) is 1.09. The van der Waals surface area contributed by atoms with Crippen LogP contribution >= 0.6 is 11.8 Å². The monoisotopic (exact) mass is 309 g/mol. The van der Waals surface area contributed by atoms with E-state index in [1.54, 1.807) is 0 Å². The predicted molar refractivity (Wildman–Crippen MR) is 87.8 cm³/mol. The highest BCUT2D eigenvalue weighted by Gasteiger charge is 2.26. The fourth-order valence-corrected chi connectivity index (χ4v) is 4.28. The maximum Gasteiger partial charge on any atom is 0.243 e. The van der Waals surface area contributed by atoms with Gasteiger partial charge in [-0.05, 0) is 12.8 Å². The van der Waals surface area contributed by atoms with Crippen molar-refractivity contribution in [2.24, 2.45) is 5.84 Å². The minimum Gasteiger partial charge on any atom is -0.341 e. The lowest BCUT2D eigenvalue weighted by molar-refractivity contribution is 0.701. The molecule has 116 valence electrons. The van der Waals surface area contributed by atoms with E-state index in [1.165, 1.54) is 12.8 Å². The highest BCUT2D eigenvalue weighted by Crippen LogP contribution is 2.28. The summed E-state index contributed by atoms with van der Waals surface area (Å²) in [5, 5.41) is 1.16. The molecule has 0 saturated carbocycles. The van der Waals surface area contributed by atoms with Gasteiger partial charge in [0.15, 0.2) is 0 Å². The zero-order valence-corrected chi connectivity index (χ0v) is 13.4. The first-order valence-corrected chi connectivity index (χ1v) is 8.48. The molecular weight excluding hydrogens is 286 g/mol. The normalized spacial score (nSPS) is 26.2. The number of thioether (sulfide) groups is 1. The van der Waals surface area contributed by atoms with Crippen LogP contribution in [0, 0.1) is 0 Å². The highest BCUT2D eigenvalue weighted by atomic mass is 32.2. The molecule has 0 amide bonds. The summed E-state index contributed by atoms with van der Waals surface area (Å²) < 4.78 is 0. The molecule has 7 nitrogen and oxygen atoms in total. The van der Waals surface area contributed by atoms with E-state index in [9.17, 15) is 0 Å². The summed E-state index contributed by atoms with van der Waals surface area (Å²) in [4.78, 5) is 18.0. The molecule has 2 aliphatic rings. The lowest BCUT2D eigenvalue weighted by Crippen LogP contribution is -2.41. The van der Waals surface area contributed by atoms with Crippen LogP contribution in [0.2, 0.25) is 0 Å². The fourth-order valence-electron chi connectivity index (χ4n) is 2.96. The Kier molecular flexibility index (Phi) is 4.34. The quantitative estimate of drug-likeness (QED) is 0.634. The van der Waals surface area contributed by atoms with Crippen LogP contribution in [-0.2, 0) is 0 Å². The molecule has 0 bridgehead atoms. The molecule has 2 aliphatic heterocycles. The fraction of sp³-hybridized carbons (Fsp3) is 0.769. The van der Waals surface area contributed by atoms with Crippen LogP contribution in [0.5, 0.6) is 0 Å². The molecule has 21 heavy (non-hydrogen) atoms. The summed E-state index contributed by atoms with van der Waals surface area (Å²) >= 11 is 2.02. The summed E-state index contributed by atoms with van der Waals surface area (Å²) in [5.74, 6) is 7.45. The van der Waals surface area contributed by atoms with Gasteiger partial charge in [0, 0.05) is 36.7 Å². The summed E-state index contributed by atoms with van der Waals surface area (Å²) in [7, 11) is 0. The average molecular weight is 309 g/mol. The molecule has 2 fully saturated rings. The van der Waals surface area contributed by atoms with E-state index in [-0.39, 0.29) is 0 Å². The lowest BCUT2D eigenvalue weighted by atomic mass is 10.3. The van der Waals surface area contributed by atoms with Crippen molar-refractivity contribution in [3.63, 3.8) is 0 Å². The van der Waals surface area contributed by atoms with Gasteiger partial charge in [0.05, 0.1) is 0 Å². The van der Waals surface area contributed by atoms with Gasteiger partial charge in [0.1, 0.15) is 0 Å². The number of rotatable bonds is 3. The second-order valence-electron chi connectivity index (χ2n) is 5.76. The molecule has 0 aromatic carbocycles. The number of anilines is 3. The molecular formula is C13H23N7S. The van der Waals surface area contributed by atoms with Gasteiger partial charge < -0.3 is 9.80 Å². The molecule has 3 N–H and O–H groups in total. The van der Waals surface area contributed by atoms with E-state index < -0.39 is 0 Å². The van der Waals surface area contributed by atoms with E-state index in [2.05, 4.69) is 44.0 Å². The number of hydrazine groups is 1. The zero-order chi connectivity index (χ0) is 14.8. The van der Waals surface area contributed by atoms with Crippen LogP contribution < -0.4 is 21.1 Å². The summed E-state index contributed by atoms with van der Waals surface area (Å²) in [6.07, 6.45) is 2.39. The van der Waals surface area contributed by atoms with Gasteiger partial charge in [-0.3, -0.25) is 5.43 Å². The third-order valence-corrected chi connectivity index (χ3v) is 5.06. The van der Waals surface area contributed by atoms with Crippen molar-refractivity contribution < 1.29 is 0 Å². The number of hydrogen-bond acceptors (Lipinski definition) is 8. The van der Waals surface area contributed by atoms with Gasteiger partial charge in [0.25, 0.3) is 0 Å². The Morgan fingerprint density at radius 2 is 1.57 bits per heavy atom. The SMILES string of the molecule is CC1CN(c2nc(NN)nc(N3CCCC3)n2)CC(C)S1. The lowest BCUT2D eigenvalue weighted by Gasteiger charge is -2.34. The Bertz CT molecular complexity index is 481. The maximum absolute atomic E-state index is 5.53. The Labute approximate surface area is 129 Å². The smallest absolute Gasteiger partial charge is 0.243 e. The van der Waals surface area contributed by atoms with Crippen LogP contribution in [-0.4, -0.2) is 51.6 Å². The number of nitrogen functional groups attached to an aromatic ring is 1. The summed E-state index contributed by atoms with van der Waals surface area (Å²) in [5.41, 5.74) is 2.57. The molecule has 2 atom stereocenters. The van der Waals surface area contributed by atoms with Gasteiger partial charge >= 0.3 is 0 Å². The van der Waals surface area contributed by atoms with Crippen LogP contribution in [0.15, 0.2) is 0 Å². The van der Waals surface area contributed by atoms with E-state index in [0.29, 0.717) is 16.4 Å². The molecule has 0 aliphatic carbocycles. The van der Waals surface area contributed by atoms with Crippen LogP contribution in [0.4, 0.5) is 17.8 Å². The molecule has 2 saturated heterocycles. The number of nitrogens with one attached hydrogen (secondary N) is 1. The van der Waals surface area contributed by atoms with Crippen LogP contribution in [0.1, 0.15) is 26.7 Å². The van der Waals surface area contributed by atoms with Crippen LogP contribution in [0.25, 0.3) is 0 Å². The van der Waals surface area contributed by atoms with Crippen molar-refractivity contribution in [1.82, 2.24) is 15.0 Å². The van der Waals surface area contributed by atoms with Crippen molar-refractivity contribution >= 4 is 29.6 Å². The zero-order valence-electron chi connectivity index (χ0n) is 12.6. The van der Waals surface area contributed by atoms with Crippen molar-refractivity contribution in [3.05, 3.63) is 0 Å². The Morgan fingerprint density at radius 3 is 2.14 bits per heavy atom. The Balaban J connectivity index is 1.88. The third-order valence-electron chi connectivity index (χ3n) is 3.83. The summed E-state index contributed by atoms with van der Waals surface area (Å²) in [6, 6.07) is 0. The minimum atomic E-state index is 0.445. The van der Waals surface area contributed by atoms with Crippen molar-refractivity contribution in [2.75, 3.05) is 41.4 Å². The first kappa shape index (κ1) is 14.6. The molecule has 8 heteroatoms. The maximum atomic E-state index is 5.53. The van der Waals surface area contributed by atoms with Crippen molar-refractivity contribution in [2.45, 2.75) is 37.2 Å². The average Bonchev–Trinajstić information content (AvgIpc) is 3.00. The second kappa shape index (κ2) is 6.23. The highest BCUT2D eigenvalue weighted by molar-refractivity contribution is 8.00. The van der Waals surface area contributed by atoms with Gasteiger partial charge in [-0.1, -0.05) is 13.8 Å². The molecule has 1 aromatic heterocycles. The number of nitrogens with zero attached hydrogens (tertiary/aromatic N) is 5. The van der Waals surface area contributed by atoms with E-state index >= 15 is 0 Å². The van der Waals surface area contributed by atoms with Gasteiger partial charge in [-0.15, -0.1) is 0 Å². The largest absolute Gasteiger partial charge is 0.341 e. The number of aromatic nitrogens is 3. The molecule has 0 radical (unpaired) electrons. The minimum absolute atomic E-state index is 0.445. The first-order chi connectivity index (χ1) is 10.2. The third kappa shape index (κ3) is 3.32. The van der Waals surface area contributed by atoms with E-state index in [4.69, 9.17) is 5.84 Å². The summed E-state index contributed by atoms with van der Waals surface area (Å²) in [6.45, 7) is 8.44. The van der Waals surface area contributed by atoms with Gasteiger partial charge in [-0.25, -0.2) is 5.84 Å². The topological polar surface area (TPSA) is 83.2 Å². The van der Waals surface area contributed by atoms with Crippen molar-refractivity contribution in [3.8, 4) is 0 Å². The van der Waals surface area contributed by atoms with E-state index in [0.717, 1.165) is 38.1 Å². The second-order valence-corrected chi connectivity index (χ2v) is 7.64.